The predicted molar refractivity (Wildman–Crippen MR) is 131 cm³/mol. The van der Waals surface area contributed by atoms with Gasteiger partial charge in [-0.05, 0) is 51.9 Å². The van der Waals surface area contributed by atoms with E-state index in [1.165, 1.54) is 33.4 Å². The van der Waals surface area contributed by atoms with Crippen LogP contribution in [0, 0.1) is 18.8 Å². The molecule has 0 aliphatic heterocycles. The van der Waals surface area contributed by atoms with Gasteiger partial charge in [-0.15, -0.1) is 0 Å². The highest BCUT2D eigenvalue weighted by Gasteiger charge is 2.61. The summed E-state index contributed by atoms with van der Waals surface area (Å²) in [6, 6.07) is 18.3. The molecule has 1 aromatic heterocycles. The van der Waals surface area contributed by atoms with Gasteiger partial charge in [-0.25, -0.2) is 0 Å². The molecule has 1 heteroatoms. The molecule has 0 radical (unpaired) electrons. The highest BCUT2D eigenvalue weighted by atomic mass is 14.6. The lowest BCUT2D eigenvalue weighted by atomic mass is 9.61. The number of allylic oxidation sites excluding steroid dienone is 8. The first kappa shape index (κ1) is 18.2. The Balaban J connectivity index is 1.54. The molecule has 1 heterocycles. The molecule has 32 heavy (non-hydrogen) atoms. The number of nitrogens with zero attached hydrogens (tertiary/aromatic N) is 1. The molecule has 5 unspecified atom stereocenters. The van der Waals surface area contributed by atoms with Crippen molar-refractivity contribution in [2.75, 3.05) is 0 Å². The minimum absolute atomic E-state index is 0.0258. The van der Waals surface area contributed by atoms with Gasteiger partial charge in [0, 0.05) is 41.5 Å². The topological polar surface area (TPSA) is 12.9 Å². The maximum absolute atomic E-state index is 4.36. The van der Waals surface area contributed by atoms with E-state index in [1.54, 1.807) is 5.56 Å². The molecule has 0 amide bonds. The van der Waals surface area contributed by atoms with Crippen LogP contribution in [-0.2, 0) is 5.41 Å². The molecule has 154 valence electrons. The van der Waals surface area contributed by atoms with Gasteiger partial charge < -0.3 is 0 Å². The Labute approximate surface area is 189 Å². The summed E-state index contributed by atoms with van der Waals surface area (Å²) in [5, 5.41) is 0. The second-order valence-electron chi connectivity index (χ2n) is 9.59. The Bertz CT molecular complexity index is 1360. The second-order valence-corrected chi connectivity index (χ2v) is 9.59. The largest absolute Gasteiger partial charge is 0.264 e. The molecule has 1 spiro atoms. The van der Waals surface area contributed by atoms with Crippen molar-refractivity contribution in [3.05, 3.63) is 137 Å². The summed E-state index contributed by atoms with van der Waals surface area (Å²) in [7, 11) is 0. The summed E-state index contributed by atoms with van der Waals surface area (Å²) < 4.78 is 0. The van der Waals surface area contributed by atoms with E-state index in [0.717, 1.165) is 0 Å². The monoisotopic (exact) mass is 411 g/mol. The van der Waals surface area contributed by atoms with Crippen molar-refractivity contribution in [2.45, 2.75) is 24.2 Å². The number of aromatic nitrogens is 1. The van der Waals surface area contributed by atoms with E-state index in [9.17, 15) is 0 Å². The van der Waals surface area contributed by atoms with Gasteiger partial charge in [0.15, 0.2) is 0 Å². The first-order valence-corrected chi connectivity index (χ1v) is 11.6. The zero-order chi connectivity index (χ0) is 21.3. The van der Waals surface area contributed by atoms with Crippen LogP contribution >= 0.6 is 0 Å². The average Bonchev–Trinajstić information content (AvgIpc) is 3.32. The highest BCUT2D eigenvalue weighted by molar-refractivity contribution is 5.71. The highest BCUT2D eigenvalue weighted by Crippen LogP contribution is 2.67. The molecule has 3 aromatic rings. The molecule has 4 aliphatic carbocycles. The van der Waals surface area contributed by atoms with Gasteiger partial charge in [0.05, 0.1) is 0 Å². The Kier molecular flexibility index (Phi) is 3.70. The normalized spacial score (nSPS) is 30.3. The zero-order valence-corrected chi connectivity index (χ0v) is 18.1. The second kappa shape index (κ2) is 6.53. The third-order valence-electron chi connectivity index (χ3n) is 8.28. The number of fused-ring (bicyclic) bond motifs is 10. The Morgan fingerprint density at radius 3 is 2.31 bits per heavy atom. The maximum atomic E-state index is 4.36. The van der Waals surface area contributed by atoms with Crippen LogP contribution in [0.2, 0.25) is 0 Å². The number of hydrogen-bond acceptors (Lipinski definition) is 1. The summed E-state index contributed by atoms with van der Waals surface area (Å²) in [5.74, 6) is 1.72. The summed E-state index contributed by atoms with van der Waals surface area (Å²) in [6.07, 6.45) is 22.7. The first-order chi connectivity index (χ1) is 15.8. The fourth-order valence-corrected chi connectivity index (χ4v) is 7.15. The molecule has 7 rings (SSSR count). The van der Waals surface area contributed by atoms with Crippen molar-refractivity contribution < 1.29 is 0 Å². The lowest BCUT2D eigenvalue weighted by molar-refractivity contribution is 0.312. The molecule has 4 aliphatic rings. The third kappa shape index (κ3) is 2.16. The van der Waals surface area contributed by atoms with Crippen LogP contribution in [0.4, 0.5) is 0 Å². The van der Waals surface area contributed by atoms with E-state index in [0.29, 0.717) is 23.7 Å². The van der Waals surface area contributed by atoms with Crippen LogP contribution in [0.1, 0.15) is 39.7 Å². The quantitative estimate of drug-likeness (QED) is 0.419. The number of aryl methyl sites for hydroxylation is 1. The van der Waals surface area contributed by atoms with Gasteiger partial charge in [0.1, 0.15) is 0 Å². The smallest absolute Gasteiger partial charge is 0.0351 e. The summed E-state index contributed by atoms with van der Waals surface area (Å²) in [4.78, 5) is 4.36. The fourth-order valence-electron chi connectivity index (χ4n) is 7.15. The lowest BCUT2D eigenvalue weighted by Crippen LogP contribution is -2.38. The molecule has 0 bridgehead atoms. The minimum atomic E-state index is -0.0258. The first-order valence-electron chi connectivity index (χ1n) is 11.6. The molecule has 0 saturated heterocycles. The van der Waals surface area contributed by atoms with E-state index in [4.69, 9.17) is 0 Å². The Morgan fingerprint density at radius 1 is 0.719 bits per heavy atom. The summed E-state index contributed by atoms with van der Waals surface area (Å²) >= 11 is 0. The molecule has 2 aromatic carbocycles. The van der Waals surface area contributed by atoms with Gasteiger partial charge >= 0.3 is 0 Å². The predicted octanol–water partition coefficient (Wildman–Crippen LogP) is 7.02. The van der Waals surface area contributed by atoms with Crippen LogP contribution in [-0.4, -0.2) is 4.98 Å². The maximum Gasteiger partial charge on any atom is 0.0351 e. The van der Waals surface area contributed by atoms with Crippen LogP contribution in [0.3, 0.4) is 0 Å². The zero-order valence-electron chi connectivity index (χ0n) is 18.1. The SMILES string of the molecule is Cc1cccc2c1C1C=CC=CC1C21c2ccc(-c3cccnc3)cc2C2C=CC=CC21. The van der Waals surface area contributed by atoms with E-state index in [-0.39, 0.29) is 5.41 Å². The van der Waals surface area contributed by atoms with Crippen molar-refractivity contribution in [1.82, 2.24) is 4.98 Å². The number of hydrogen-bond donors (Lipinski definition) is 0. The third-order valence-corrected chi connectivity index (χ3v) is 8.28. The van der Waals surface area contributed by atoms with Crippen LogP contribution in [0.15, 0.2) is 110 Å². The van der Waals surface area contributed by atoms with Crippen molar-refractivity contribution >= 4 is 0 Å². The summed E-state index contributed by atoms with van der Waals surface area (Å²) in [6.45, 7) is 2.29. The molecule has 1 nitrogen and oxygen atoms in total. The van der Waals surface area contributed by atoms with E-state index in [2.05, 4.69) is 103 Å². The Morgan fingerprint density at radius 2 is 1.50 bits per heavy atom. The molecular formula is C31H25N. The molecule has 0 saturated carbocycles. The standard InChI is InChI=1S/C31H25N/c1-20-8-6-14-29-30(20)24-11-3-5-13-27(24)31(29)26-12-4-2-10-23(26)25-18-21(15-16-28(25)31)22-9-7-17-32-19-22/h2-19,23-24,26-27H,1H3. The lowest BCUT2D eigenvalue weighted by Gasteiger charge is -2.40. The van der Waals surface area contributed by atoms with Crippen molar-refractivity contribution in [2.24, 2.45) is 11.8 Å². The van der Waals surface area contributed by atoms with Crippen molar-refractivity contribution in [1.29, 1.82) is 0 Å². The van der Waals surface area contributed by atoms with Gasteiger partial charge in [-0.2, -0.15) is 0 Å². The Hall–Kier alpha value is -3.45. The van der Waals surface area contributed by atoms with Crippen molar-refractivity contribution in [3.63, 3.8) is 0 Å². The van der Waals surface area contributed by atoms with Crippen LogP contribution in [0.25, 0.3) is 11.1 Å². The summed E-state index contributed by atoms with van der Waals surface area (Å²) in [5.41, 5.74) is 9.90. The van der Waals surface area contributed by atoms with Gasteiger partial charge in [-0.3, -0.25) is 4.98 Å². The van der Waals surface area contributed by atoms with Crippen LogP contribution < -0.4 is 0 Å². The average molecular weight is 412 g/mol. The number of benzene rings is 2. The molecular weight excluding hydrogens is 386 g/mol. The minimum Gasteiger partial charge on any atom is -0.264 e. The number of rotatable bonds is 1. The molecule has 0 fully saturated rings. The van der Waals surface area contributed by atoms with Crippen molar-refractivity contribution in [3.8, 4) is 11.1 Å². The fraction of sp³-hybridized carbons (Fsp3) is 0.194. The molecule has 0 N–H and O–H groups in total. The van der Waals surface area contributed by atoms with Gasteiger partial charge in [0.25, 0.3) is 0 Å². The van der Waals surface area contributed by atoms with E-state index >= 15 is 0 Å². The van der Waals surface area contributed by atoms with Gasteiger partial charge in [-0.1, -0.05) is 91.1 Å². The van der Waals surface area contributed by atoms with Crippen LogP contribution in [0.5, 0.6) is 0 Å². The van der Waals surface area contributed by atoms with Gasteiger partial charge in [0.2, 0.25) is 0 Å². The number of pyridine rings is 1. The van der Waals surface area contributed by atoms with E-state index in [1.807, 2.05) is 18.5 Å². The molecule has 5 atom stereocenters. The van der Waals surface area contributed by atoms with E-state index < -0.39 is 0 Å².